The van der Waals surface area contributed by atoms with Crippen LogP contribution in [0.2, 0.25) is 0 Å². The molecular formula is C28H25N3O2S. The number of benzene rings is 3. The highest BCUT2D eigenvalue weighted by Crippen LogP contribution is 2.47. The maximum Gasteiger partial charge on any atom is 0.259 e. The van der Waals surface area contributed by atoms with Crippen molar-refractivity contribution in [1.82, 2.24) is 15.2 Å². The Kier molecular flexibility index (Phi) is 4.99. The van der Waals surface area contributed by atoms with Crippen LogP contribution in [-0.2, 0) is 19.4 Å². The molecule has 0 saturated heterocycles. The molecule has 1 aliphatic heterocycles. The zero-order chi connectivity index (χ0) is 23.4. The first kappa shape index (κ1) is 21.1. The monoisotopic (exact) mass is 467 g/mol. The Labute approximate surface area is 203 Å². The van der Waals surface area contributed by atoms with Crippen LogP contribution >= 0.6 is 12.2 Å². The number of fused-ring (bicyclic) bond motifs is 10. The van der Waals surface area contributed by atoms with Gasteiger partial charge in [-0.1, -0.05) is 61.6 Å². The third-order valence-electron chi connectivity index (χ3n) is 7.13. The van der Waals surface area contributed by atoms with Gasteiger partial charge >= 0.3 is 0 Å². The largest absolute Gasteiger partial charge is 0.380 e. The molecule has 34 heavy (non-hydrogen) atoms. The van der Waals surface area contributed by atoms with E-state index in [1.54, 1.807) is 0 Å². The van der Waals surface area contributed by atoms with Gasteiger partial charge in [-0.2, -0.15) is 0 Å². The summed E-state index contributed by atoms with van der Waals surface area (Å²) in [5, 5.41) is 7.82. The van der Waals surface area contributed by atoms with E-state index in [-0.39, 0.29) is 11.8 Å². The van der Waals surface area contributed by atoms with Gasteiger partial charge in [0.05, 0.1) is 21.6 Å². The number of hydrogen-bond acceptors (Lipinski definition) is 3. The maximum atomic E-state index is 13.1. The summed E-state index contributed by atoms with van der Waals surface area (Å²) >= 11 is 5.33. The summed E-state index contributed by atoms with van der Waals surface area (Å²) in [6, 6.07) is 16.7. The second kappa shape index (κ2) is 8.06. The fourth-order valence-corrected chi connectivity index (χ4v) is 5.77. The van der Waals surface area contributed by atoms with Crippen LogP contribution in [0, 0.1) is 0 Å². The van der Waals surface area contributed by atoms with Crippen molar-refractivity contribution in [3.8, 4) is 11.1 Å². The smallest absolute Gasteiger partial charge is 0.259 e. The predicted molar refractivity (Wildman–Crippen MR) is 140 cm³/mol. The van der Waals surface area contributed by atoms with Crippen molar-refractivity contribution in [3.05, 3.63) is 70.8 Å². The van der Waals surface area contributed by atoms with E-state index in [9.17, 15) is 9.59 Å². The molecule has 0 saturated carbocycles. The number of aromatic nitrogens is 1. The highest BCUT2D eigenvalue weighted by atomic mass is 32.1. The van der Waals surface area contributed by atoms with Crippen molar-refractivity contribution in [2.24, 2.45) is 0 Å². The summed E-state index contributed by atoms with van der Waals surface area (Å²) < 4.78 is 2.35. The van der Waals surface area contributed by atoms with E-state index >= 15 is 0 Å². The molecule has 170 valence electrons. The first-order chi connectivity index (χ1) is 16.6. The third kappa shape index (κ3) is 3.02. The van der Waals surface area contributed by atoms with Gasteiger partial charge in [-0.3, -0.25) is 14.9 Å². The molecule has 2 N–H and O–H groups in total. The molecular weight excluding hydrogens is 442 g/mol. The normalized spacial score (nSPS) is 14.1. The van der Waals surface area contributed by atoms with Crippen LogP contribution in [0.3, 0.4) is 0 Å². The predicted octanol–water partition coefficient (Wildman–Crippen LogP) is 5.16. The molecule has 1 aliphatic carbocycles. The maximum absolute atomic E-state index is 13.1. The van der Waals surface area contributed by atoms with E-state index in [1.807, 2.05) is 12.1 Å². The van der Waals surface area contributed by atoms with Crippen LogP contribution in [0.4, 0.5) is 0 Å². The molecule has 0 spiro atoms. The minimum atomic E-state index is -0.287. The van der Waals surface area contributed by atoms with Gasteiger partial charge in [0.2, 0.25) is 0 Å². The van der Waals surface area contributed by atoms with Crippen molar-refractivity contribution in [2.75, 3.05) is 6.54 Å². The van der Waals surface area contributed by atoms with Gasteiger partial charge in [-0.05, 0) is 48.4 Å². The lowest BCUT2D eigenvalue weighted by atomic mass is 9.80. The Balaban J connectivity index is 1.67. The van der Waals surface area contributed by atoms with Gasteiger partial charge in [0, 0.05) is 34.9 Å². The van der Waals surface area contributed by atoms with Crippen molar-refractivity contribution >= 4 is 50.8 Å². The van der Waals surface area contributed by atoms with E-state index in [2.05, 4.69) is 58.5 Å². The fourth-order valence-electron chi connectivity index (χ4n) is 5.67. The summed E-state index contributed by atoms with van der Waals surface area (Å²) in [7, 11) is 0. The summed E-state index contributed by atoms with van der Waals surface area (Å²) in [4.78, 5) is 26.9. The molecule has 0 unspecified atom stereocenters. The fraction of sp³-hybridized carbons (Fsp3) is 0.250. The molecule has 0 fully saturated rings. The zero-order valence-electron chi connectivity index (χ0n) is 19.0. The lowest BCUT2D eigenvalue weighted by Gasteiger charge is -2.24. The Morgan fingerprint density at radius 1 is 1.00 bits per heavy atom. The van der Waals surface area contributed by atoms with Gasteiger partial charge in [0.15, 0.2) is 0 Å². The standard InChI is InChI=1S/C28H25N3O2S/c1-2-21(34)29-14-7-15-31-20-11-6-5-10-18(20)23-25-24(27(32)30-28(25)33)19-13-12-16-8-3-4-9-17(16)22(19)26(23)31/h3-6,8-11H,2,7,12-15H2,1H3,(H,29,34)(H,30,32,33). The molecule has 6 rings (SSSR count). The summed E-state index contributed by atoms with van der Waals surface area (Å²) in [5.74, 6) is -0.559. The van der Waals surface area contributed by atoms with Crippen molar-refractivity contribution in [2.45, 2.75) is 39.2 Å². The summed E-state index contributed by atoms with van der Waals surface area (Å²) in [6.07, 6.45) is 3.34. The molecule has 2 aliphatic rings. The number of imide groups is 1. The molecule has 6 heteroatoms. The molecule has 0 bridgehead atoms. The number of amides is 2. The van der Waals surface area contributed by atoms with Crippen LogP contribution in [0.15, 0.2) is 48.5 Å². The van der Waals surface area contributed by atoms with Crippen molar-refractivity contribution in [3.63, 3.8) is 0 Å². The van der Waals surface area contributed by atoms with Crippen LogP contribution in [0.1, 0.15) is 51.6 Å². The molecule has 0 atom stereocenters. The first-order valence-electron chi connectivity index (χ1n) is 11.9. The number of nitrogens with zero attached hydrogens (tertiary/aromatic N) is 1. The van der Waals surface area contributed by atoms with Crippen molar-refractivity contribution in [1.29, 1.82) is 0 Å². The number of hydrogen-bond donors (Lipinski definition) is 2. The molecule has 1 aromatic heterocycles. The number of rotatable bonds is 5. The third-order valence-corrected chi connectivity index (χ3v) is 7.56. The summed E-state index contributed by atoms with van der Waals surface area (Å²) in [6.45, 7) is 3.63. The highest BCUT2D eigenvalue weighted by Gasteiger charge is 2.37. The molecule has 0 radical (unpaired) electrons. The topological polar surface area (TPSA) is 63.1 Å². The second-order valence-corrected chi connectivity index (χ2v) is 9.49. The Morgan fingerprint density at radius 2 is 1.76 bits per heavy atom. The van der Waals surface area contributed by atoms with E-state index < -0.39 is 0 Å². The minimum absolute atomic E-state index is 0.272. The molecule has 4 aromatic rings. The Bertz CT molecular complexity index is 1530. The molecule has 2 heterocycles. The van der Waals surface area contributed by atoms with Gasteiger partial charge in [-0.15, -0.1) is 0 Å². The molecule has 2 amide bonds. The van der Waals surface area contributed by atoms with E-state index in [1.165, 1.54) is 5.56 Å². The SMILES string of the molecule is CCC(=S)NCCCn1c2ccccc2c2c3c(c4c(c21)-c1ccccc1CC4)C(=O)NC3=O. The van der Waals surface area contributed by atoms with Gasteiger partial charge < -0.3 is 9.88 Å². The van der Waals surface area contributed by atoms with Crippen molar-refractivity contribution < 1.29 is 9.59 Å². The average molecular weight is 468 g/mol. The van der Waals surface area contributed by atoms with Crippen LogP contribution in [-0.4, -0.2) is 27.9 Å². The van der Waals surface area contributed by atoms with Crippen LogP contribution < -0.4 is 10.6 Å². The van der Waals surface area contributed by atoms with Gasteiger partial charge in [0.25, 0.3) is 11.8 Å². The molecule has 5 nitrogen and oxygen atoms in total. The number of carbonyl (C=O) groups is 2. The highest BCUT2D eigenvalue weighted by molar-refractivity contribution is 7.80. The van der Waals surface area contributed by atoms with Gasteiger partial charge in [-0.25, -0.2) is 0 Å². The van der Waals surface area contributed by atoms with E-state index in [0.717, 1.165) is 82.3 Å². The number of carbonyl (C=O) groups excluding carboxylic acids is 2. The van der Waals surface area contributed by atoms with E-state index in [0.29, 0.717) is 11.1 Å². The van der Waals surface area contributed by atoms with Gasteiger partial charge in [0.1, 0.15) is 0 Å². The molecule has 3 aromatic carbocycles. The number of nitrogens with one attached hydrogen (secondary N) is 2. The summed E-state index contributed by atoms with van der Waals surface area (Å²) in [5.41, 5.74) is 7.81. The number of thiocarbonyl (C=S) groups is 1. The number of aryl methyl sites for hydroxylation is 2. The quantitative estimate of drug-likeness (QED) is 0.242. The average Bonchev–Trinajstić information content (AvgIpc) is 3.34. The first-order valence-corrected chi connectivity index (χ1v) is 12.3. The number of para-hydroxylation sites is 1. The van der Waals surface area contributed by atoms with Crippen LogP contribution in [0.5, 0.6) is 0 Å². The lowest BCUT2D eigenvalue weighted by molar-refractivity contribution is 0.0880. The van der Waals surface area contributed by atoms with E-state index in [4.69, 9.17) is 12.2 Å². The Morgan fingerprint density at radius 3 is 2.62 bits per heavy atom. The van der Waals surface area contributed by atoms with Crippen LogP contribution in [0.25, 0.3) is 32.9 Å². The Hall–Kier alpha value is -3.51. The zero-order valence-corrected chi connectivity index (χ0v) is 19.8. The lowest BCUT2D eigenvalue weighted by Crippen LogP contribution is -2.22. The minimum Gasteiger partial charge on any atom is -0.380 e. The second-order valence-electron chi connectivity index (χ2n) is 8.99.